The van der Waals surface area contributed by atoms with Gasteiger partial charge in [-0.15, -0.1) is 10.2 Å². The average molecular weight is 389 g/mol. The monoisotopic (exact) mass is 389 g/mol. The van der Waals surface area contributed by atoms with Crippen molar-refractivity contribution in [3.05, 3.63) is 47.5 Å². The molecular weight excluding hydrogens is 371 g/mol. The number of anilines is 2. The molecule has 1 unspecified atom stereocenters. The predicted molar refractivity (Wildman–Crippen MR) is 96.4 cm³/mol. The summed E-state index contributed by atoms with van der Waals surface area (Å²) in [5, 5.41) is 19.6. The maximum absolute atomic E-state index is 12.7. The van der Waals surface area contributed by atoms with Gasteiger partial charge in [-0.25, -0.2) is 0 Å². The second kappa shape index (κ2) is 8.25. The third kappa shape index (κ3) is 4.97. The molecule has 0 saturated carbocycles. The molecule has 1 fully saturated rings. The van der Waals surface area contributed by atoms with Gasteiger partial charge in [-0.05, 0) is 36.6 Å². The van der Waals surface area contributed by atoms with E-state index < -0.39 is 17.6 Å². The van der Waals surface area contributed by atoms with Crippen molar-refractivity contribution in [1.29, 1.82) is 5.26 Å². The van der Waals surface area contributed by atoms with E-state index in [1.54, 1.807) is 12.1 Å². The predicted octanol–water partition coefficient (Wildman–Crippen LogP) is 3.42. The number of alkyl halides is 3. The van der Waals surface area contributed by atoms with Gasteiger partial charge in [-0.3, -0.25) is 4.79 Å². The lowest BCUT2D eigenvalue weighted by atomic mass is 10.00. The van der Waals surface area contributed by atoms with Crippen LogP contribution < -0.4 is 10.2 Å². The number of hydrogen-bond acceptors (Lipinski definition) is 5. The fourth-order valence-corrected chi connectivity index (χ4v) is 3.08. The summed E-state index contributed by atoms with van der Waals surface area (Å²) in [5.41, 5.74) is -0.535. The molecule has 1 N–H and O–H groups in total. The number of hydrogen-bond donors (Lipinski definition) is 1. The molecule has 3 rings (SSSR count). The van der Waals surface area contributed by atoms with Crippen LogP contribution in [-0.4, -0.2) is 29.2 Å². The summed E-state index contributed by atoms with van der Waals surface area (Å²) >= 11 is 0. The van der Waals surface area contributed by atoms with Crippen molar-refractivity contribution in [2.24, 2.45) is 5.92 Å². The van der Waals surface area contributed by atoms with Crippen molar-refractivity contribution in [1.82, 2.24) is 10.2 Å². The first-order chi connectivity index (χ1) is 13.3. The number of halogens is 3. The van der Waals surface area contributed by atoms with E-state index in [2.05, 4.69) is 21.6 Å². The molecule has 28 heavy (non-hydrogen) atoms. The summed E-state index contributed by atoms with van der Waals surface area (Å²) in [6.07, 6.45) is -2.89. The fraction of sp³-hybridized carbons (Fsp3) is 0.368. The first kappa shape index (κ1) is 19.6. The lowest BCUT2D eigenvalue weighted by Gasteiger charge is -2.30. The number of nitriles is 1. The highest BCUT2D eigenvalue weighted by atomic mass is 19.4. The Labute approximate surface area is 160 Å². The fourth-order valence-electron chi connectivity index (χ4n) is 3.08. The Kier molecular flexibility index (Phi) is 5.78. The van der Waals surface area contributed by atoms with E-state index in [9.17, 15) is 18.0 Å². The van der Waals surface area contributed by atoms with Crippen LogP contribution in [0.5, 0.6) is 0 Å². The third-order valence-corrected chi connectivity index (χ3v) is 4.46. The van der Waals surface area contributed by atoms with Crippen molar-refractivity contribution >= 4 is 17.5 Å². The van der Waals surface area contributed by atoms with Crippen LogP contribution >= 0.6 is 0 Å². The smallest absolute Gasteiger partial charge is 0.354 e. The Hall–Kier alpha value is -3.15. The van der Waals surface area contributed by atoms with Crippen LogP contribution in [0.2, 0.25) is 0 Å². The second-order valence-electron chi connectivity index (χ2n) is 6.61. The van der Waals surface area contributed by atoms with Gasteiger partial charge in [-0.1, -0.05) is 18.2 Å². The van der Waals surface area contributed by atoms with E-state index in [0.29, 0.717) is 12.4 Å². The molecule has 0 radical (unpaired) electrons. The normalized spacial score (nSPS) is 17.1. The van der Waals surface area contributed by atoms with Crippen LogP contribution in [0.25, 0.3) is 0 Å². The number of amides is 1. The molecule has 6 nitrogen and oxygen atoms in total. The van der Waals surface area contributed by atoms with Crippen LogP contribution in [0.4, 0.5) is 24.8 Å². The third-order valence-electron chi connectivity index (χ3n) is 4.46. The summed E-state index contributed by atoms with van der Waals surface area (Å²) in [7, 11) is 0. The molecule has 1 atom stereocenters. The van der Waals surface area contributed by atoms with Gasteiger partial charge in [0.15, 0.2) is 11.6 Å². The van der Waals surface area contributed by atoms with Crippen molar-refractivity contribution in [3.63, 3.8) is 0 Å². The van der Waals surface area contributed by atoms with Crippen LogP contribution in [0.3, 0.4) is 0 Å². The number of piperidine rings is 1. The minimum Gasteiger partial charge on any atom is -0.354 e. The standard InChI is InChI=1S/C19H18F3N5O/c20-19(21,22)15-5-1-3-13(9-15)10-18(28)24-16-6-7-17(26-25-16)27-8-2-4-14(11-23)12-27/h1,3,5-7,9,14H,2,4,8,10,12H2,(H,24,25,28). The summed E-state index contributed by atoms with van der Waals surface area (Å²) in [4.78, 5) is 14.1. The number of rotatable bonds is 4. The van der Waals surface area contributed by atoms with Gasteiger partial charge in [0.2, 0.25) is 5.91 Å². The molecule has 1 saturated heterocycles. The molecule has 0 spiro atoms. The van der Waals surface area contributed by atoms with Crippen molar-refractivity contribution in [2.45, 2.75) is 25.4 Å². The van der Waals surface area contributed by atoms with Crippen LogP contribution in [0.15, 0.2) is 36.4 Å². The van der Waals surface area contributed by atoms with Crippen molar-refractivity contribution in [2.75, 3.05) is 23.3 Å². The van der Waals surface area contributed by atoms with Crippen LogP contribution in [0, 0.1) is 17.2 Å². The molecular formula is C19H18F3N5O. The van der Waals surface area contributed by atoms with E-state index in [-0.39, 0.29) is 23.7 Å². The zero-order chi connectivity index (χ0) is 20.1. The van der Waals surface area contributed by atoms with E-state index in [4.69, 9.17) is 5.26 Å². The van der Waals surface area contributed by atoms with Gasteiger partial charge in [0.1, 0.15) is 0 Å². The minimum atomic E-state index is -4.45. The maximum Gasteiger partial charge on any atom is 0.416 e. The number of carbonyl (C=O) groups is 1. The zero-order valence-corrected chi connectivity index (χ0v) is 14.9. The van der Waals surface area contributed by atoms with Gasteiger partial charge in [-0.2, -0.15) is 18.4 Å². The van der Waals surface area contributed by atoms with Gasteiger partial charge in [0.05, 0.1) is 24.0 Å². The van der Waals surface area contributed by atoms with Crippen LogP contribution in [-0.2, 0) is 17.4 Å². The molecule has 1 aliphatic rings. The molecule has 1 aromatic heterocycles. The molecule has 1 amide bonds. The lowest BCUT2D eigenvalue weighted by molar-refractivity contribution is -0.137. The number of carbonyl (C=O) groups excluding carboxylic acids is 1. The summed E-state index contributed by atoms with van der Waals surface area (Å²) < 4.78 is 38.2. The highest BCUT2D eigenvalue weighted by Crippen LogP contribution is 2.29. The summed E-state index contributed by atoms with van der Waals surface area (Å²) in [5.74, 6) is 0.316. The molecule has 146 valence electrons. The molecule has 0 bridgehead atoms. The van der Waals surface area contributed by atoms with Gasteiger partial charge in [0, 0.05) is 13.1 Å². The molecule has 0 aliphatic carbocycles. The van der Waals surface area contributed by atoms with E-state index in [0.717, 1.165) is 31.5 Å². The quantitative estimate of drug-likeness (QED) is 0.867. The van der Waals surface area contributed by atoms with E-state index >= 15 is 0 Å². The Morgan fingerprint density at radius 1 is 1.29 bits per heavy atom. The Morgan fingerprint density at radius 3 is 2.79 bits per heavy atom. The van der Waals surface area contributed by atoms with Crippen molar-refractivity contribution in [3.8, 4) is 6.07 Å². The first-order valence-corrected chi connectivity index (χ1v) is 8.79. The lowest BCUT2D eigenvalue weighted by Crippen LogP contribution is -2.35. The second-order valence-corrected chi connectivity index (χ2v) is 6.61. The molecule has 2 heterocycles. The largest absolute Gasteiger partial charge is 0.416 e. The van der Waals surface area contributed by atoms with Gasteiger partial charge < -0.3 is 10.2 Å². The Balaban J connectivity index is 1.60. The van der Waals surface area contributed by atoms with E-state index in [1.165, 1.54) is 12.1 Å². The maximum atomic E-state index is 12.7. The first-order valence-electron chi connectivity index (χ1n) is 8.79. The number of nitrogens with one attached hydrogen (secondary N) is 1. The molecule has 1 aliphatic heterocycles. The number of aromatic nitrogens is 2. The number of nitrogens with zero attached hydrogens (tertiary/aromatic N) is 4. The van der Waals surface area contributed by atoms with Crippen LogP contribution in [0.1, 0.15) is 24.0 Å². The van der Waals surface area contributed by atoms with Gasteiger partial charge >= 0.3 is 6.18 Å². The summed E-state index contributed by atoms with van der Waals surface area (Å²) in [6.45, 7) is 1.38. The topological polar surface area (TPSA) is 81.9 Å². The highest BCUT2D eigenvalue weighted by Gasteiger charge is 2.30. The average Bonchev–Trinajstić information content (AvgIpc) is 2.68. The van der Waals surface area contributed by atoms with E-state index in [1.807, 2.05) is 4.90 Å². The molecule has 9 heteroatoms. The highest BCUT2D eigenvalue weighted by molar-refractivity contribution is 5.91. The minimum absolute atomic E-state index is 0.0395. The number of benzene rings is 1. The molecule has 1 aromatic carbocycles. The van der Waals surface area contributed by atoms with Crippen molar-refractivity contribution < 1.29 is 18.0 Å². The zero-order valence-electron chi connectivity index (χ0n) is 14.9. The summed E-state index contributed by atoms with van der Waals surface area (Å²) in [6, 6.07) is 10.2. The SMILES string of the molecule is N#CC1CCCN(c2ccc(NC(=O)Cc3cccc(C(F)(F)F)c3)nn2)C1. The Bertz CT molecular complexity index is 876. The Morgan fingerprint density at radius 2 is 2.11 bits per heavy atom. The molecule has 2 aromatic rings. The van der Waals surface area contributed by atoms with Gasteiger partial charge in [0.25, 0.3) is 0 Å².